The molecule has 1 aromatic heterocycles. The normalized spacial score (nSPS) is 19.3. The number of aromatic nitrogens is 2. The lowest BCUT2D eigenvalue weighted by atomic mass is 10.1. The van der Waals surface area contributed by atoms with E-state index in [4.69, 9.17) is 14.7 Å². The SMILES string of the molecule is CCCn1cc(C(=O)N[C@@H]2COCC[C@H]2Oc2ccc(C#N)cc2)c(C)n1. The Bertz CT molecular complexity index is 823. The molecule has 0 bridgehead atoms. The third-order valence-corrected chi connectivity index (χ3v) is 4.52. The van der Waals surface area contributed by atoms with Crippen LogP contribution in [0.3, 0.4) is 0 Å². The molecule has 2 aromatic rings. The van der Waals surface area contributed by atoms with Crippen LogP contribution in [0.5, 0.6) is 5.75 Å². The monoisotopic (exact) mass is 368 g/mol. The van der Waals surface area contributed by atoms with Gasteiger partial charge in [-0.05, 0) is 37.6 Å². The molecule has 1 fully saturated rings. The average Bonchev–Trinajstić information content (AvgIpc) is 3.04. The Balaban J connectivity index is 1.67. The number of benzene rings is 1. The zero-order chi connectivity index (χ0) is 19.2. The molecular weight excluding hydrogens is 344 g/mol. The Morgan fingerprint density at radius 1 is 1.44 bits per heavy atom. The lowest BCUT2D eigenvalue weighted by Gasteiger charge is -2.32. The molecule has 2 heterocycles. The molecule has 1 N–H and O–H groups in total. The molecule has 3 rings (SSSR count). The number of aryl methyl sites for hydroxylation is 2. The van der Waals surface area contributed by atoms with Gasteiger partial charge in [0.25, 0.3) is 5.91 Å². The van der Waals surface area contributed by atoms with E-state index < -0.39 is 0 Å². The topological polar surface area (TPSA) is 89.2 Å². The van der Waals surface area contributed by atoms with Gasteiger partial charge in [-0.25, -0.2) is 0 Å². The fourth-order valence-electron chi connectivity index (χ4n) is 3.11. The van der Waals surface area contributed by atoms with E-state index in [0.29, 0.717) is 42.2 Å². The van der Waals surface area contributed by atoms with Gasteiger partial charge in [0, 0.05) is 19.2 Å². The molecule has 1 aromatic carbocycles. The molecule has 0 aliphatic carbocycles. The molecule has 1 saturated heterocycles. The molecular formula is C20H24N4O3. The summed E-state index contributed by atoms with van der Waals surface area (Å²) in [7, 11) is 0. The van der Waals surface area contributed by atoms with Gasteiger partial charge in [-0.2, -0.15) is 10.4 Å². The lowest BCUT2D eigenvalue weighted by molar-refractivity contribution is -0.00289. The minimum absolute atomic E-state index is 0.168. The summed E-state index contributed by atoms with van der Waals surface area (Å²) in [5.74, 6) is 0.505. The Kier molecular flexibility index (Phi) is 6.09. The molecule has 1 amide bonds. The van der Waals surface area contributed by atoms with Crippen LogP contribution in [-0.4, -0.2) is 41.0 Å². The molecule has 0 spiro atoms. The van der Waals surface area contributed by atoms with Crippen molar-refractivity contribution >= 4 is 5.91 Å². The first-order valence-electron chi connectivity index (χ1n) is 9.20. The smallest absolute Gasteiger partial charge is 0.255 e. The highest BCUT2D eigenvalue weighted by Gasteiger charge is 2.30. The maximum absolute atomic E-state index is 12.7. The molecule has 142 valence electrons. The van der Waals surface area contributed by atoms with Crippen molar-refractivity contribution in [1.29, 1.82) is 5.26 Å². The van der Waals surface area contributed by atoms with Crippen molar-refractivity contribution in [3.8, 4) is 11.8 Å². The molecule has 1 aliphatic rings. The van der Waals surface area contributed by atoms with Gasteiger partial charge in [-0.15, -0.1) is 0 Å². The zero-order valence-electron chi connectivity index (χ0n) is 15.6. The quantitative estimate of drug-likeness (QED) is 0.846. The first-order chi connectivity index (χ1) is 13.1. The summed E-state index contributed by atoms with van der Waals surface area (Å²) >= 11 is 0. The maximum atomic E-state index is 12.7. The molecule has 2 atom stereocenters. The van der Waals surface area contributed by atoms with E-state index >= 15 is 0 Å². The van der Waals surface area contributed by atoms with E-state index in [1.807, 2.05) is 6.92 Å². The van der Waals surface area contributed by atoms with Gasteiger partial charge in [0.05, 0.1) is 42.1 Å². The second kappa shape index (κ2) is 8.69. The van der Waals surface area contributed by atoms with E-state index in [1.165, 1.54) is 0 Å². The predicted octanol–water partition coefficient (Wildman–Crippen LogP) is 2.44. The molecule has 0 unspecified atom stereocenters. The molecule has 7 nitrogen and oxygen atoms in total. The Morgan fingerprint density at radius 2 is 2.22 bits per heavy atom. The van der Waals surface area contributed by atoms with Crippen LogP contribution in [0.25, 0.3) is 0 Å². The first-order valence-corrected chi connectivity index (χ1v) is 9.20. The summed E-state index contributed by atoms with van der Waals surface area (Å²) in [6, 6.07) is 8.80. The summed E-state index contributed by atoms with van der Waals surface area (Å²) in [5, 5.41) is 16.3. The number of hydrogen-bond donors (Lipinski definition) is 1. The fraction of sp³-hybridized carbons (Fsp3) is 0.450. The average molecular weight is 368 g/mol. The van der Waals surface area contributed by atoms with Gasteiger partial charge >= 0.3 is 0 Å². The Hall–Kier alpha value is -2.85. The Morgan fingerprint density at radius 3 is 2.93 bits per heavy atom. The van der Waals surface area contributed by atoms with Gasteiger partial charge < -0.3 is 14.8 Å². The largest absolute Gasteiger partial charge is 0.488 e. The van der Waals surface area contributed by atoms with E-state index in [2.05, 4.69) is 23.4 Å². The second-order valence-corrected chi connectivity index (χ2v) is 6.63. The van der Waals surface area contributed by atoms with Crippen molar-refractivity contribution < 1.29 is 14.3 Å². The van der Waals surface area contributed by atoms with Gasteiger partial charge in [-0.1, -0.05) is 6.92 Å². The predicted molar refractivity (Wildman–Crippen MR) is 99.5 cm³/mol. The minimum Gasteiger partial charge on any atom is -0.488 e. The lowest BCUT2D eigenvalue weighted by Crippen LogP contribution is -2.51. The van der Waals surface area contributed by atoms with Crippen LogP contribution in [0, 0.1) is 18.3 Å². The molecule has 1 aliphatic heterocycles. The number of nitriles is 1. The van der Waals surface area contributed by atoms with Crippen molar-refractivity contribution in [2.45, 2.75) is 45.4 Å². The van der Waals surface area contributed by atoms with Gasteiger partial charge in [0.2, 0.25) is 0 Å². The molecule has 27 heavy (non-hydrogen) atoms. The van der Waals surface area contributed by atoms with Crippen molar-refractivity contribution in [2.75, 3.05) is 13.2 Å². The highest BCUT2D eigenvalue weighted by Crippen LogP contribution is 2.19. The number of nitrogens with one attached hydrogen (secondary N) is 1. The number of rotatable bonds is 6. The number of amides is 1. The highest BCUT2D eigenvalue weighted by molar-refractivity contribution is 5.95. The summed E-state index contributed by atoms with van der Waals surface area (Å²) < 4.78 is 13.4. The van der Waals surface area contributed by atoms with Gasteiger partial charge in [0.15, 0.2) is 0 Å². The number of ether oxygens (including phenoxy) is 2. The summed E-state index contributed by atoms with van der Waals surface area (Å²) in [5.41, 5.74) is 1.87. The highest BCUT2D eigenvalue weighted by atomic mass is 16.5. The number of nitrogens with zero attached hydrogens (tertiary/aromatic N) is 3. The van der Waals surface area contributed by atoms with E-state index in [1.54, 1.807) is 35.1 Å². The molecule has 0 saturated carbocycles. The number of carbonyl (C=O) groups is 1. The number of hydrogen-bond acceptors (Lipinski definition) is 5. The van der Waals surface area contributed by atoms with Crippen LogP contribution in [0.4, 0.5) is 0 Å². The molecule has 7 heteroatoms. The van der Waals surface area contributed by atoms with Crippen LogP contribution in [-0.2, 0) is 11.3 Å². The summed E-state index contributed by atoms with van der Waals surface area (Å²) in [4.78, 5) is 12.7. The standard InChI is InChI=1S/C20H24N4O3/c1-3-9-24-12-17(14(2)23-24)20(25)22-18-13-26-10-8-19(18)27-16-6-4-15(11-21)5-7-16/h4-7,12,18-19H,3,8-10,13H2,1-2H3,(H,22,25)/t18-,19-/m1/s1. The van der Waals surface area contributed by atoms with Crippen LogP contribution >= 0.6 is 0 Å². The van der Waals surface area contributed by atoms with E-state index in [9.17, 15) is 4.79 Å². The number of carbonyl (C=O) groups excluding carboxylic acids is 1. The van der Waals surface area contributed by atoms with Crippen molar-refractivity contribution in [2.24, 2.45) is 0 Å². The van der Waals surface area contributed by atoms with Crippen molar-refractivity contribution in [3.63, 3.8) is 0 Å². The van der Waals surface area contributed by atoms with Crippen molar-refractivity contribution in [1.82, 2.24) is 15.1 Å². The van der Waals surface area contributed by atoms with Crippen LogP contribution in [0.2, 0.25) is 0 Å². The second-order valence-electron chi connectivity index (χ2n) is 6.63. The van der Waals surface area contributed by atoms with E-state index in [0.717, 1.165) is 13.0 Å². The van der Waals surface area contributed by atoms with Crippen molar-refractivity contribution in [3.05, 3.63) is 47.3 Å². The van der Waals surface area contributed by atoms with E-state index in [-0.39, 0.29) is 18.1 Å². The summed E-state index contributed by atoms with van der Waals surface area (Å²) in [6.07, 6.45) is 3.23. The Labute approximate surface area is 158 Å². The first kappa shape index (κ1) is 18.9. The third kappa shape index (κ3) is 4.66. The van der Waals surface area contributed by atoms with Crippen LogP contribution in [0.1, 0.15) is 41.4 Å². The summed E-state index contributed by atoms with van der Waals surface area (Å²) in [6.45, 7) is 5.67. The third-order valence-electron chi connectivity index (χ3n) is 4.52. The van der Waals surface area contributed by atoms with Gasteiger partial charge in [0.1, 0.15) is 11.9 Å². The zero-order valence-corrected chi connectivity index (χ0v) is 15.6. The maximum Gasteiger partial charge on any atom is 0.255 e. The van der Waals surface area contributed by atoms with Gasteiger partial charge in [-0.3, -0.25) is 9.48 Å². The van der Waals surface area contributed by atoms with Crippen LogP contribution < -0.4 is 10.1 Å². The van der Waals surface area contributed by atoms with Crippen LogP contribution in [0.15, 0.2) is 30.5 Å². The fourth-order valence-corrected chi connectivity index (χ4v) is 3.11. The minimum atomic E-state index is -0.254. The molecule has 0 radical (unpaired) electrons.